The van der Waals surface area contributed by atoms with Gasteiger partial charge in [0.25, 0.3) is 0 Å². The van der Waals surface area contributed by atoms with Crippen molar-refractivity contribution in [2.75, 3.05) is 0 Å². The first kappa shape index (κ1) is 12.9. The zero-order chi connectivity index (χ0) is 12.0. The molecule has 0 saturated heterocycles. The van der Waals surface area contributed by atoms with Crippen LogP contribution in [0.1, 0.15) is 5.56 Å². The smallest absolute Gasteiger partial charge is 0.339 e. The van der Waals surface area contributed by atoms with Gasteiger partial charge in [0.05, 0.1) is 0 Å². The Balaban J connectivity index is 2.50. The summed E-state index contributed by atoms with van der Waals surface area (Å²) in [5.41, 5.74) is 8.35. The van der Waals surface area contributed by atoms with Crippen molar-refractivity contribution in [3.63, 3.8) is 0 Å². The highest BCUT2D eigenvalue weighted by molar-refractivity contribution is 14.1. The molecule has 0 bridgehead atoms. The Kier molecular flexibility index (Phi) is 5.20. The quantitative estimate of drug-likeness (QED) is 0.463. The third kappa shape index (κ3) is 4.15. The van der Waals surface area contributed by atoms with Crippen LogP contribution in [0.15, 0.2) is 24.3 Å². The van der Waals surface area contributed by atoms with E-state index in [0.29, 0.717) is 6.42 Å². The van der Waals surface area contributed by atoms with Crippen LogP contribution >= 0.6 is 22.6 Å². The SMILES string of the molecule is N[C@H](Cc1ccc(I)cc1)C(=O)ONC=O. The standard InChI is InChI=1S/C10H11IN2O3/c11-8-3-1-7(2-4-8)5-9(12)10(15)16-13-6-14/h1-4,6,9H,5,12H2,(H,13,14)/t9-/m1/s1. The predicted molar refractivity (Wildman–Crippen MR) is 66.1 cm³/mol. The fraction of sp³-hybridized carbons (Fsp3) is 0.200. The lowest BCUT2D eigenvalue weighted by Crippen LogP contribution is -2.37. The lowest BCUT2D eigenvalue weighted by Gasteiger charge is -2.09. The van der Waals surface area contributed by atoms with Gasteiger partial charge in [-0.2, -0.15) is 5.48 Å². The Morgan fingerprint density at radius 2 is 2.12 bits per heavy atom. The van der Waals surface area contributed by atoms with Gasteiger partial charge in [-0.1, -0.05) is 12.1 Å². The number of nitrogens with two attached hydrogens (primary N) is 1. The molecule has 0 saturated carbocycles. The molecule has 0 heterocycles. The van der Waals surface area contributed by atoms with Crippen molar-refractivity contribution in [3.8, 4) is 0 Å². The highest BCUT2D eigenvalue weighted by atomic mass is 127. The average molecular weight is 334 g/mol. The third-order valence-electron chi connectivity index (χ3n) is 1.88. The summed E-state index contributed by atoms with van der Waals surface area (Å²) < 4.78 is 1.11. The summed E-state index contributed by atoms with van der Waals surface area (Å²) >= 11 is 2.19. The van der Waals surface area contributed by atoms with Gasteiger partial charge >= 0.3 is 5.97 Å². The van der Waals surface area contributed by atoms with Gasteiger partial charge < -0.3 is 10.6 Å². The molecule has 0 aliphatic carbocycles. The predicted octanol–water partition coefficient (Wildman–Crippen LogP) is 0.365. The number of hydrogen-bond acceptors (Lipinski definition) is 4. The Bertz CT molecular complexity index is 367. The van der Waals surface area contributed by atoms with Crippen LogP contribution in [0.3, 0.4) is 0 Å². The normalized spacial score (nSPS) is 11.6. The molecule has 1 aromatic carbocycles. The first-order chi connectivity index (χ1) is 7.63. The number of nitrogens with one attached hydrogen (secondary N) is 1. The monoisotopic (exact) mass is 334 g/mol. The van der Waals surface area contributed by atoms with Crippen LogP contribution in [0.25, 0.3) is 0 Å². The number of carbonyl (C=O) groups is 2. The number of rotatable bonds is 5. The van der Waals surface area contributed by atoms with Gasteiger partial charge in [-0.25, -0.2) is 4.79 Å². The minimum atomic E-state index is -0.785. The molecule has 0 spiro atoms. The van der Waals surface area contributed by atoms with Gasteiger partial charge in [0.2, 0.25) is 6.41 Å². The second kappa shape index (κ2) is 6.44. The van der Waals surface area contributed by atoms with E-state index < -0.39 is 12.0 Å². The minimum absolute atomic E-state index is 0.273. The third-order valence-corrected chi connectivity index (χ3v) is 2.60. The van der Waals surface area contributed by atoms with E-state index in [9.17, 15) is 9.59 Å². The molecule has 1 rings (SSSR count). The fourth-order valence-electron chi connectivity index (χ4n) is 1.12. The summed E-state index contributed by atoms with van der Waals surface area (Å²) in [5.74, 6) is -0.661. The summed E-state index contributed by atoms with van der Waals surface area (Å²) in [4.78, 5) is 25.5. The first-order valence-electron chi connectivity index (χ1n) is 4.53. The van der Waals surface area contributed by atoms with Crippen LogP contribution in [-0.2, 0) is 20.8 Å². The fourth-order valence-corrected chi connectivity index (χ4v) is 1.48. The topological polar surface area (TPSA) is 81.4 Å². The van der Waals surface area contributed by atoms with Gasteiger partial charge in [0.15, 0.2) is 0 Å². The lowest BCUT2D eigenvalue weighted by atomic mass is 10.1. The summed E-state index contributed by atoms with van der Waals surface area (Å²) in [6.07, 6.45) is 0.645. The molecule has 0 unspecified atom stereocenters. The van der Waals surface area contributed by atoms with E-state index in [0.717, 1.165) is 9.13 Å². The summed E-state index contributed by atoms with van der Waals surface area (Å²) in [7, 11) is 0. The van der Waals surface area contributed by atoms with Crippen LogP contribution in [0.4, 0.5) is 0 Å². The number of carbonyl (C=O) groups excluding carboxylic acids is 2. The van der Waals surface area contributed by atoms with Crippen LogP contribution < -0.4 is 11.2 Å². The summed E-state index contributed by atoms with van der Waals surface area (Å²) in [6, 6.07) is 6.85. The minimum Gasteiger partial charge on any atom is -0.339 e. The Morgan fingerprint density at radius 1 is 1.50 bits per heavy atom. The Morgan fingerprint density at radius 3 is 2.69 bits per heavy atom. The molecule has 5 nitrogen and oxygen atoms in total. The van der Waals surface area contributed by atoms with Crippen molar-refractivity contribution in [1.29, 1.82) is 0 Å². The molecule has 3 N–H and O–H groups in total. The summed E-state index contributed by atoms with van der Waals surface area (Å²) in [5, 5.41) is 0. The molecule has 0 aliphatic heterocycles. The van der Waals surface area contributed by atoms with Crippen molar-refractivity contribution in [3.05, 3.63) is 33.4 Å². The van der Waals surface area contributed by atoms with Crippen LogP contribution in [0.2, 0.25) is 0 Å². The number of amides is 1. The second-order valence-electron chi connectivity index (χ2n) is 3.09. The van der Waals surface area contributed by atoms with E-state index in [2.05, 4.69) is 27.4 Å². The van der Waals surface area contributed by atoms with Crippen LogP contribution in [0, 0.1) is 3.57 Å². The van der Waals surface area contributed by atoms with E-state index in [1.807, 2.05) is 29.7 Å². The number of hydroxylamine groups is 1. The molecular weight excluding hydrogens is 323 g/mol. The second-order valence-corrected chi connectivity index (χ2v) is 4.34. The van der Waals surface area contributed by atoms with E-state index in [4.69, 9.17) is 5.73 Å². The average Bonchev–Trinajstić information content (AvgIpc) is 2.29. The van der Waals surface area contributed by atoms with Gasteiger partial charge in [-0.15, -0.1) is 0 Å². The van der Waals surface area contributed by atoms with Crippen LogP contribution in [0.5, 0.6) is 0 Å². The lowest BCUT2D eigenvalue weighted by molar-refractivity contribution is -0.155. The van der Waals surface area contributed by atoms with Crippen molar-refractivity contribution < 1.29 is 14.4 Å². The number of hydrogen-bond donors (Lipinski definition) is 2. The molecule has 1 aromatic rings. The maximum atomic E-state index is 11.2. The zero-order valence-corrected chi connectivity index (χ0v) is 10.5. The molecular formula is C10H11IN2O3. The Hall–Kier alpha value is -1.15. The van der Waals surface area contributed by atoms with Gasteiger partial charge in [0, 0.05) is 3.57 Å². The molecule has 86 valence electrons. The molecule has 0 aliphatic rings. The zero-order valence-electron chi connectivity index (χ0n) is 8.35. The summed E-state index contributed by atoms with van der Waals surface area (Å²) in [6.45, 7) is 0. The van der Waals surface area contributed by atoms with Crippen LogP contribution in [-0.4, -0.2) is 18.4 Å². The largest absolute Gasteiger partial charge is 0.349 e. The number of halogens is 1. The van der Waals surface area contributed by atoms with Crippen molar-refractivity contribution in [2.24, 2.45) is 5.73 Å². The Labute approximate surface area is 106 Å². The maximum Gasteiger partial charge on any atom is 0.349 e. The molecule has 16 heavy (non-hydrogen) atoms. The van der Waals surface area contributed by atoms with Crippen molar-refractivity contribution in [2.45, 2.75) is 12.5 Å². The molecule has 0 aromatic heterocycles. The molecule has 1 atom stereocenters. The van der Waals surface area contributed by atoms with Crippen molar-refractivity contribution in [1.82, 2.24) is 5.48 Å². The maximum absolute atomic E-state index is 11.2. The van der Waals surface area contributed by atoms with E-state index in [-0.39, 0.29) is 6.41 Å². The molecule has 0 radical (unpaired) electrons. The van der Waals surface area contributed by atoms with Gasteiger partial charge in [-0.3, -0.25) is 4.79 Å². The molecule has 1 amide bonds. The highest BCUT2D eigenvalue weighted by Gasteiger charge is 2.15. The highest BCUT2D eigenvalue weighted by Crippen LogP contribution is 2.08. The first-order valence-corrected chi connectivity index (χ1v) is 5.61. The number of benzene rings is 1. The molecule has 0 fully saturated rings. The van der Waals surface area contributed by atoms with E-state index in [1.54, 1.807) is 0 Å². The van der Waals surface area contributed by atoms with E-state index in [1.165, 1.54) is 0 Å². The van der Waals surface area contributed by atoms with Gasteiger partial charge in [-0.05, 0) is 46.7 Å². The van der Waals surface area contributed by atoms with E-state index >= 15 is 0 Å². The van der Waals surface area contributed by atoms with Crippen molar-refractivity contribution >= 4 is 35.0 Å². The molecule has 6 heteroatoms. The van der Waals surface area contributed by atoms with Gasteiger partial charge in [0.1, 0.15) is 6.04 Å².